The fraction of sp³-hybridized carbons (Fsp3) is 0.438. The summed E-state index contributed by atoms with van der Waals surface area (Å²) >= 11 is 6.63. The number of carbonyl (C=O) groups excluding carboxylic acids is 2. The molecule has 0 aliphatic rings. The van der Waals surface area contributed by atoms with Crippen LogP contribution in [-0.4, -0.2) is 55.0 Å². The number of hydrogen-bond donors (Lipinski definition) is 4. The maximum atomic E-state index is 13.1. The number of fused-ring (bicyclic) bond motifs is 1. The van der Waals surface area contributed by atoms with Gasteiger partial charge < -0.3 is 20.5 Å². The van der Waals surface area contributed by atoms with Crippen LogP contribution >= 0.6 is 11.6 Å². The van der Waals surface area contributed by atoms with E-state index in [1.807, 2.05) is 58.9 Å². The topological polar surface area (TPSA) is 134 Å². The molecule has 4 N–H and O–H groups in total. The van der Waals surface area contributed by atoms with Crippen LogP contribution in [0.25, 0.3) is 5.65 Å². The minimum absolute atomic E-state index is 0.175. The number of para-hydroxylation sites is 2. The summed E-state index contributed by atoms with van der Waals surface area (Å²) in [7, 11) is 0. The van der Waals surface area contributed by atoms with Crippen LogP contribution in [0.1, 0.15) is 71.1 Å². The molecule has 230 valence electrons. The van der Waals surface area contributed by atoms with E-state index in [0.29, 0.717) is 27.9 Å². The van der Waals surface area contributed by atoms with Crippen molar-refractivity contribution >= 4 is 34.7 Å². The van der Waals surface area contributed by atoms with Crippen molar-refractivity contribution in [2.24, 2.45) is 0 Å². The number of aryl methyl sites for hydroxylation is 1. The first-order chi connectivity index (χ1) is 20.0. The zero-order chi connectivity index (χ0) is 31.7. The van der Waals surface area contributed by atoms with E-state index in [1.165, 1.54) is 0 Å². The van der Waals surface area contributed by atoms with Crippen molar-refractivity contribution in [1.29, 1.82) is 0 Å². The highest BCUT2D eigenvalue weighted by Gasteiger charge is 2.44. The molecule has 1 unspecified atom stereocenters. The number of nitrogens with zero attached hydrogens (tertiary/aromatic N) is 3. The maximum Gasteiger partial charge on any atom is 0.258 e. The Morgan fingerprint density at radius 1 is 1.05 bits per heavy atom. The molecule has 0 bridgehead atoms. The maximum absolute atomic E-state index is 13.1. The fourth-order valence-electron chi connectivity index (χ4n) is 4.74. The van der Waals surface area contributed by atoms with Crippen LogP contribution in [0, 0.1) is 6.92 Å². The second-order valence-electron chi connectivity index (χ2n) is 13.0. The van der Waals surface area contributed by atoms with Crippen LogP contribution in [0.15, 0.2) is 48.5 Å². The average Bonchev–Trinajstić information content (AvgIpc) is 3.48. The van der Waals surface area contributed by atoms with Crippen molar-refractivity contribution in [2.45, 2.75) is 84.3 Å². The van der Waals surface area contributed by atoms with Gasteiger partial charge in [-0.2, -0.15) is 0 Å². The number of benzene rings is 2. The van der Waals surface area contributed by atoms with E-state index >= 15 is 0 Å². The molecule has 2 aromatic heterocycles. The summed E-state index contributed by atoms with van der Waals surface area (Å²) in [5, 5.41) is 28.9. The van der Waals surface area contributed by atoms with E-state index in [9.17, 15) is 14.7 Å². The minimum atomic E-state index is -1.25. The van der Waals surface area contributed by atoms with Gasteiger partial charge >= 0.3 is 0 Å². The van der Waals surface area contributed by atoms with Crippen molar-refractivity contribution in [3.05, 3.63) is 76.2 Å². The molecule has 0 fully saturated rings. The summed E-state index contributed by atoms with van der Waals surface area (Å²) in [5.41, 5.74) is 1.93. The standard InChI is InChI=1S/C32H41ClN6O4/c1-19-12-11-13-20(16-19)17-22(40)28(42)34-21-14-9-10-15-23(21)43-18-24(41)35-32(7,8)31(5,6)29-37-36-27-25(33)26(30(2,3)4)38-39(27)29/h9-16,22,38,40H,17-18H2,1-8H3,(H,34,42)(H,35,41). The molecule has 10 nitrogen and oxygen atoms in total. The lowest BCUT2D eigenvalue weighted by molar-refractivity contribution is -0.125. The van der Waals surface area contributed by atoms with Crippen LogP contribution in [0.3, 0.4) is 0 Å². The predicted molar refractivity (Wildman–Crippen MR) is 168 cm³/mol. The summed E-state index contributed by atoms with van der Waals surface area (Å²) in [5.74, 6) is -0.00739. The summed E-state index contributed by atoms with van der Waals surface area (Å²) in [6, 6.07) is 14.4. The predicted octanol–water partition coefficient (Wildman–Crippen LogP) is 5.11. The second-order valence-corrected chi connectivity index (χ2v) is 13.4. The van der Waals surface area contributed by atoms with Gasteiger partial charge in [0.25, 0.3) is 11.8 Å². The molecular weight excluding hydrogens is 568 g/mol. The number of carbonyl (C=O) groups is 2. The van der Waals surface area contributed by atoms with E-state index in [2.05, 4.69) is 46.7 Å². The molecule has 0 radical (unpaired) electrons. The van der Waals surface area contributed by atoms with Crippen LogP contribution in [0.5, 0.6) is 5.75 Å². The van der Waals surface area contributed by atoms with Gasteiger partial charge in [0, 0.05) is 22.8 Å². The van der Waals surface area contributed by atoms with Crippen LogP contribution < -0.4 is 15.4 Å². The smallest absolute Gasteiger partial charge is 0.258 e. The molecule has 0 saturated carbocycles. The Kier molecular flexibility index (Phi) is 8.95. The van der Waals surface area contributed by atoms with Gasteiger partial charge in [0.15, 0.2) is 18.1 Å². The lowest BCUT2D eigenvalue weighted by atomic mass is 9.73. The molecule has 0 saturated heterocycles. The Bertz CT molecular complexity index is 1630. The molecule has 43 heavy (non-hydrogen) atoms. The number of aliphatic hydroxyl groups excluding tert-OH is 1. The number of H-pyrrole nitrogens is 1. The lowest BCUT2D eigenvalue weighted by Crippen LogP contribution is -2.57. The van der Waals surface area contributed by atoms with Crippen molar-refractivity contribution in [3.63, 3.8) is 0 Å². The van der Waals surface area contributed by atoms with Gasteiger partial charge in [0.1, 0.15) is 16.9 Å². The quantitative estimate of drug-likeness (QED) is 0.198. The van der Waals surface area contributed by atoms with Gasteiger partial charge in [-0.25, -0.2) is 4.52 Å². The first-order valence-electron chi connectivity index (χ1n) is 14.2. The third-order valence-electron chi connectivity index (χ3n) is 7.94. The number of aromatic nitrogens is 4. The van der Waals surface area contributed by atoms with Crippen LogP contribution in [0.2, 0.25) is 5.02 Å². The zero-order valence-corrected chi connectivity index (χ0v) is 26.8. The second kappa shape index (κ2) is 12.0. The number of hydrogen-bond acceptors (Lipinski definition) is 6. The normalized spacial score (nSPS) is 13.2. The summed E-state index contributed by atoms with van der Waals surface area (Å²) in [4.78, 5) is 25.9. The lowest BCUT2D eigenvalue weighted by Gasteiger charge is -2.40. The fourth-order valence-corrected chi connectivity index (χ4v) is 5.19. The van der Waals surface area contributed by atoms with E-state index in [4.69, 9.17) is 16.3 Å². The Labute approximate surface area is 257 Å². The van der Waals surface area contributed by atoms with E-state index in [1.54, 1.807) is 28.8 Å². The Morgan fingerprint density at radius 3 is 2.42 bits per heavy atom. The monoisotopic (exact) mass is 608 g/mol. The molecule has 2 aromatic carbocycles. The molecular formula is C32H41ClN6O4. The van der Waals surface area contributed by atoms with E-state index in [-0.39, 0.29) is 24.3 Å². The van der Waals surface area contributed by atoms with Gasteiger partial charge in [-0.3, -0.25) is 14.7 Å². The van der Waals surface area contributed by atoms with Crippen molar-refractivity contribution in [1.82, 2.24) is 25.1 Å². The van der Waals surface area contributed by atoms with Gasteiger partial charge in [-0.15, -0.1) is 10.2 Å². The van der Waals surface area contributed by atoms with Crippen molar-refractivity contribution < 1.29 is 19.4 Å². The third-order valence-corrected chi connectivity index (χ3v) is 8.30. The number of ether oxygens (including phenoxy) is 1. The number of nitrogens with one attached hydrogen (secondary N) is 3. The summed E-state index contributed by atoms with van der Waals surface area (Å²) < 4.78 is 7.60. The Morgan fingerprint density at radius 2 is 1.74 bits per heavy atom. The number of anilines is 1. The van der Waals surface area contributed by atoms with E-state index < -0.39 is 23.0 Å². The largest absolute Gasteiger partial charge is 0.482 e. The summed E-state index contributed by atoms with van der Waals surface area (Å²) in [6.45, 7) is 15.6. The highest BCUT2D eigenvalue weighted by molar-refractivity contribution is 6.34. The third kappa shape index (κ3) is 6.86. The molecule has 4 aromatic rings. The molecule has 0 aliphatic carbocycles. The molecule has 0 aliphatic heterocycles. The first-order valence-corrected chi connectivity index (χ1v) is 14.6. The van der Waals surface area contributed by atoms with Gasteiger partial charge in [0.2, 0.25) is 0 Å². The van der Waals surface area contributed by atoms with Crippen LogP contribution in [0.4, 0.5) is 5.69 Å². The number of halogens is 1. The molecule has 4 rings (SSSR count). The highest BCUT2D eigenvalue weighted by Crippen LogP contribution is 2.37. The van der Waals surface area contributed by atoms with Gasteiger partial charge in [-0.1, -0.05) is 88.2 Å². The zero-order valence-electron chi connectivity index (χ0n) is 26.0. The molecule has 2 amide bonds. The molecule has 2 heterocycles. The number of rotatable bonds is 10. The minimum Gasteiger partial charge on any atom is -0.482 e. The Balaban J connectivity index is 1.42. The first kappa shape index (κ1) is 32.0. The van der Waals surface area contributed by atoms with Crippen molar-refractivity contribution in [3.8, 4) is 5.75 Å². The SMILES string of the molecule is Cc1cccc(CC(O)C(=O)Nc2ccccc2OCC(=O)NC(C)(C)C(C)(C)c2nnc3c(Cl)c(C(C)(C)C)[nH]n23)c1. The molecule has 0 spiro atoms. The average molecular weight is 609 g/mol. The number of aromatic amines is 1. The van der Waals surface area contributed by atoms with Crippen molar-refractivity contribution in [2.75, 3.05) is 11.9 Å². The van der Waals surface area contributed by atoms with E-state index in [0.717, 1.165) is 16.8 Å². The number of aliphatic hydroxyl groups is 1. The molecule has 1 atom stereocenters. The Hall–Kier alpha value is -3.89. The number of amides is 2. The van der Waals surface area contributed by atoms with Gasteiger partial charge in [-0.05, 0) is 38.5 Å². The molecule has 11 heteroatoms. The summed E-state index contributed by atoms with van der Waals surface area (Å²) in [6.07, 6.45) is -1.08. The highest BCUT2D eigenvalue weighted by atomic mass is 35.5. The van der Waals surface area contributed by atoms with Crippen LogP contribution in [-0.2, 0) is 26.8 Å². The van der Waals surface area contributed by atoms with Gasteiger partial charge in [0.05, 0.1) is 11.4 Å².